The van der Waals surface area contributed by atoms with Crippen LogP contribution < -0.4 is 4.90 Å². The van der Waals surface area contributed by atoms with Crippen LogP contribution in [0.15, 0.2) is 18.3 Å². The highest BCUT2D eigenvalue weighted by atomic mass is 15.2. The Hall–Kier alpha value is -1.60. The summed E-state index contributed by atoms with van der Waals surface area (Å²) >= 11 is 0. The fourth-order valence-electron chi connectivity index (χ4n) is 2.69. The standard InChI is InChI=1S/C14H20N4/c1-3-17(4-2)14-6-8-18(11-14)13-5-7-16-12(9-13)10-15/h5,7,9,14H,3-4,6,8,11H2,1-2H3. The van der Waals surface area contributed by atoms with E-state index in [4.69, 9.17) is 5.26 Å². The highest BCUT2D eigenvalue weighted by Gasteiger charge is 2.26. The summed E-state index contributed by atoms with van der Waals surface area (Å²) in [5.74, 6) is 0. The van der Waals surface area contributed by atoms with E-state index >= 15 is 0 Å². The molecule has 0 aromatic carbocycles. The Morgan fingerprint density at radius 1 is 1.50 bits per heavy atom. The summed E-state index contributed by atoms with van der Waals surface area (Å²) in [4.78, 5) is 8.88. The Balaban J connectivity index is 2.06. The van der Waals surface area contributed by atoms with Crippen LogP contribution in [-0.4, -0.2) is 42.1 Å². The molecule has 1 aliphatic rings. The molecule has 4 heteroatoms. The van der Waals surface area contributed by atoms with Crippen LogP contribution in [0.25, 0.3) is 0 Å². The van der Waals surface area contributed by atoms with E-state index in [9.17, 15) is 0 Å². The number of pyridine rings is 1. The second-order valence-electron chi connectivity index (χ2n) is 4.62. The van der Waals surface area contributed by atoms with Gasteiger partial charge in [0.25, 0.3) is 0 Å². The lowest BCUT2D eigenvalue weighted by atomic mass is 10.2. The molecule has 2 rings (SSSR count). The van der Waals surface area contributed by atoms with Crippen molar-refractivity contribution in [3.8, 4) is 6.07 Å². The number of anilines is 1. The molecule has 0 aliphatic carbocycles. The molecular formula is C14H20N4. The van der Waals surface area contributed by atoms with Gasteiger partial charge in [-0.3, -0.25) is 4.90 Å². The van der Waals surface area contributed by atoms with Crippen LogP contribution >= 0.6 is 0 Å². The summed E-state index contributed by atoms with van der Waals surface area (Å²) in [7, 11) is 0. The lowest BCUT2D eigenvalue weighted by molar-refractivity contribution is 0.232. The minimum Gasteiger partial charge on any atom is -0.370 e. The monoisotopic (exact) mass is 244 g/mol. The average molecular weight is 244 g/mol. The molecule has 0 saturated carbocycles. The number of nitriles is 1. The molecule has 0 amide bonds. The minimum atomic E-state index is 0.499. The Bertz CT molecular complexity index is 434. The van der Waals surface area contributed by atoms with Gasteiger partial charge >= 0.3 is 0 Å². The topological polar surface area (TPSA) is 43.2 Å². The van der Waals surface area contributed by atoms with E-state index in [1.807, 2.05) is 12.1 Å². The highest BCUT2D eigenvalue weighted by molar-refractivity contribution is 5.49. The van der Waals surface area contributed by atoms with Crippen molar-refractivity contribution in [2.24, 2.45) is 0 Å². The molecule has 4 nitrogen and oxygen atoms in total. The molecule has 18 heavy (non-hydrogen) atoms. The van der Waals surface area contributed by atoms with E-state index in [-0.39, 0.29) is 0 Å². The molecular weight excluding hydrogens is 224 g/mol. The minimum absolute atomic E-state index is 0.499. The van der Waals surface area contributed by atoms with Gasteiger partial charge < -0.3 is 4.90 Å². The third kappa shape index (κ3) is 2.62. The fraction of sp³-hybridized carbons (Fsp3) is 0.571. The van der Waals surface area contributed by atoms with Gasteiger partial charge in [0.15, 0.2) is 0 Å². The molecule has 1 atom stereocenters. The van der Waals surface area contributed by atoms with Crippen LogP contribution in [0.3, 0.4) is 0 Å². The molecule has 1 aromatic heterocycles. The molecule has 1 aromatic rings. The highest BCUT2D eigenvalue weighted by Crippen LogP contribution is 2.23. The van der Waals surface area contributed by atoms with Gasteiger partial charge in [-0.15, -0.1) is 0 Å². The second-order valence-corrected chi connectivity index (χ2v) is 4.62. The van der Waals surface area contributed by atoms with Crippen LogP contribution in [0.1, 0.15) is 26.0 Å². The first-order valence-corrected chi connectivity index (χ1v) is 6.63. The van der Waals surface area contributed by atoms with Crippen molar-refractivity contribution < 1.29 is 0 Å². The zero-order valence-electron chi connectivity index (χ0n) is 11.1. The summed E-state index contributed by atoms with van der Waals surface area (Å²) in [6, 6.07) is 6.61. The summed E-state index contributed by atoms with van der Waals surface area (Å²) < 4.78 is 0. The van der Waals surface area contributed by atoms with E-state index in [2.05, 4.69) is 34.7 Å². The lowest BCUT2D eigenvalue weighted by Gasteiger charge is -2.26. The largest absolute Gasteiger partial charge is 0.370 e. The third-order valence-corrected chi connectivity index (χ3v) is 3.72. The van der Waals surface area contributed by atoms with Crippen LogP contribution in [-0.2, 0) is 0 Å². The van der Waals surface area contributed by atoms with Gasteiger partial charge in [0.05, 0.1) is 0 Å². The van der Waals surface area contributed by atoms with Gasteiger partial charge in [-0.05, 0) is 31.6 Å². The Labute approximate surface area is 109 Å². The Morgan fingerprint density at radius 3 is 2.94 bits per heavy atom. The fourth-order valence-corrected chi connectivity index (χ4v) is 2.69. The maximum Gasteiger partial charge on any atom is 0.142 e. The molecule has 1 unspecified atom stereocenters. The average Bonchev–Trinajstić information content (AvgIpc) is 2.90. The molecule has 0 N–H and O–H groups in total. The van der Waals surface area contributed by atoms with Crippen molar-refractivity contribution in [1.82, 2.24) is 9.88 Å². The van der Waals surface area contributed by atoms with E-state index < -0.39 is 0 Å². The van der Waals surface area contributed by atoms with E-state index in [1.54, 1.807) is 6.20 Å². The Kier molecular flexibility index (Phi) is 4.16. The van der Waals surface area contributed by atoms with E-state index in [0.717, 1.165) is 31.9 Å². The van der Waals surface area contributed by atoms with E-state index in [0.29, 0.717) is 11.7 Å². The first kappa shape index (κ1) is 12.8. The van der Waals surface area contributed by atoms with Gasteiger partial charge in [-0.25, -0.2) is 4.98 Å². The van der Waals surface area contributed by atoms with Gasteiger partial charge in [0.2, 0.25) is 0 Å². The van der Waals surface area contributed by atoms with Crippen molar-refractivity contribution in [1.29, 1.82) is 5.26 Å². The van der Waals surface area contributed by atoms with Crippen LogP contribution in [0, 0.1) is 11.3 Å². The number of nitrogens with zero attached hydrogens (tertiary/aromatic N) is 4. The van der Waals surface area contributed by atoms with Crippen molar-refractivity contribution in [3.63, 3.8) is 0 Å². The number of hydrogen-bond donors (Lipinski definition) is 0. The van der Waals surface area contributed by atoms with Crippen molar-refractivity contribution in [2.45, 2.75) is 26.3 Å². The molecule has 1 fully saturated rings. The molecule has 96 valence electrons. The maximum atomic E-state index is 8.88. The van der Waals surface area contributed by atoms with Gasteiger partial charge in [0.1, 0.15) is 11.8 Å². The van der Waals surface area contributed by atoms with Gasteiger partial charge in [0, 0.05) is 31.0 Å². The predicted octanol–water partition coefficient (Wildman–Crippen LogP) is 1.87. The SMILES string of the molecule is CCN(CC)C1CCN(c2ccnc(C#N)c2)C1. The quantitative estimate of drug-likeness (QED) is 0.811. The zero-order valence-corrected chi connectivity index (χ0v) is 11.1. The van der Waals surface area contributed by atoms with Crippen LogP contribution in [0.4, 0.5) is 5.69 Å². The summed E-state index contributed by atoms with van der Waals surface area (Å²) in [6.45, 7) is 8.76. The summed E-state index contributed by atoms with van der Waals surface area (Å²) in [5, 5.41) is 8.88. The molecule has 1 saturated heterocycles. The van der Waals surface area contributed by atoms with Crippen LogP contribution in [0.5, 0.6) is 0 Å². The lowest BCUT2D eigenvalue weighted by Crippen LogP contribution is -2.37. The van der Waals surface area contributed by atoms with Crippen molar-refractivity contribution >= 4 is 5.69 Å². The second kappa shape index (κ2) is 5.83. The molecule has 0 bridgehead atoms. The maximum absolute atomic E-state index is 8.88. The predicted molar refractivity (Wildman–Crippen MR) is 72.5 cm³/mol. The normalized spacial score (nSPS) is 19.2. The summed E-state index contributed by atoms with van der Waals surface area (Å²) in [6.07, 6.45) is 2.92. The number of hydrogen-bond acceptors (Lipinski definition) is 4. The van der Waals surface area contributed by atoms with Crippen LogP contribution in [0.2, 0.25) is 0 Å². The number of likely N-dealkylation sites (N-methyl/N-ethyl adjacent to an activating group) is 1. The number of rotatable bonds is 4. The van der Waals surface area contributed by atoms with Gasteiger partial charge in [-0.1, -0.05) is 13.8 Å². The van der Waals surface area contributed by atoms with Gasteiger partial charge in [-0.2, -0.15) is 5.26 Å². The molecule has 0 radical (unpaired) electrons. The van der Waals surface area contributed by atoms with Crippen molar-refractivity contribution in [2.75, 3.05) is 31.1 Å². The Morgan fingerprint density at radius 2 is 2.28 bits per heavy atom. The zero-order chi connectivity index (χ0) is 13.0. The molecule has 1 aliphatic heterocycles. The number of aromatic nitrogens is 1. The van der Waals surface area contributed by atoms with E-state index in [1.165, 1.54) is 6.42 Å². The smallest absolute Gasteiger partial charge is 0.142 e. The first-order chi connectivity index (χ1) is 8.78. The summed E-state index contributed by atoms with van der Waals surface area (Å²) in [5.41, 5.74) is 1.62. The molecule has 0 spiro atoms. The first-order valence-electron chi connectivity index (χ1n) is 6.63. The van der Waals surface area contributed by atoms with Crippen molar-refractivity contribution in [3.05, 3.63) is 24.0 Å². The third-order valence-electron chi connectivity index (χ3n) is 3.72. The molecule has 2 heterocycles.